The molecule has 0 bridgehead atoms. The molecule has 0 spiro atoms. The quantitative estimate of drug-likeness (QED) is 0.432. The molecular weight excluding hydrogens is 326 g/mol. The maximum absolute atomic E-state index is 13.5. The number of halogens is 2. The van der Waals surface area contributed by atoms with Crippen LogP contribution in [0.4, 0.5) is 8.78 Å². The van der Waals surface area contributed by atoms with E-state index in [1.165, 1.54) is 19.1 Å². The molecule has 0 amide bonds. The Morgan fingerprint density at radius 1 is 1.33 bits per heavy atom. The number of ether oxygens (including phenoxy) is 1. The average Bonchev–Trinajstić information content (AvgIpc) is 2.43. The summed E-state index contributed by atoms with van der Waals surface area (Å²) in [4.78, 5) is 11.3. The maximum Gasteiger partial charge on any atom is 0.404 e. The first kappa shape index (κ1) is 17.6. The van der Waals surface area contributed by atoms with E-state index in [4.69, 9.17) is 0 Å². The summed E-state index contributed by atoms with van der Waals surface area (Å²) >= 11 is 0.269. The highest BCUT2D eigenvalue weighted by molar-refractivity contribution is 8.04. The van der Waals surface area contributed by atoms with E-state index in [9.17, 15) is 22.0 Å². The van der Waals surface area contributed by atoms with Crippen LogP contribution in [0.5, 0.6) is 0 Å². The van der Waals surface area contributed by atoms with Crippen LogP contribution in [0.15, 0.2) is 47.4 Å². The molecule has 0 radical (unpaired) electrons. The van der Waals surface area contributed by atoms with Gasteiger partial charge in [0.05, 0.1) is 0 Å². The van der Waals surface area contributed by atoms with E-state index in [1.54, 1.807) is 18.2 Å². The molecular formula is C12H12F2O5S2. The zero-order chi connectivity index (χ0) is 16.1. The molecule has 0 atom stereocenters. The van der Waals surface area contributed by atoms with Gasteiger partial charge in [0, 0.05) is 22.5 Å². The van der Waals surface area contributed by atoms with Crippen LogP contribution < -0.4 is 0 Å². The lowest BCUT2D eigenvalue weighted by atomic mass is 10.4. The first-order valence-corrected chi connectivity index (χ1v) is 7.67. The summed E-state index contributed by atoms with van der Waals surface area (Å²) in [5.41, 5.74) is -0.122. The number of alkyl halides is 2. The van der Waals surface area contributed by atoms with E-state index in [1.807, 2.05) is 0 Å². The van der Waals surface area contributed by atoms with Gasteiger partial charge in [-0.25, -0.2) is 4.79 Å². The summed E-state index contributed by atoms with van der Waals surface area (Å²) < 4.78 is 58.1. The van der Waals surface area contributed by atoms with Crippen molar-refractivity contribution in [1.29, 1.82) is 0 Å². The number of esters is 1. The molecule has 116 valence electrons. The molecule has 0 aliphatic carbocycles. The SMILES string of the molecule is C=C(C)C(=O)OCC(F)(F)S(=O)(=O)OSc1ccccc1. The van der Waals surface area contributed by atoms with Crippen molar-refractivity contribution >= 4 is 28.1 Å². The van der Waals surface area contributed by atoms with Gasteiger partial charge in [0.1, 0.15) is 0 Å². The third-order valence-electron chi connectivity index (χ3n) is 2.05. The summed E-state index contributed by atoms with van der Waals surface area (Å²) in [7, 11) is -5.26. The van der Waals surface area contributed by atoms with Crippen LogP contribution in [0.2, 0.25) is 0 Å². The van der Waals surface area contributed by atoms with Crippen LogP contribution in [-0.4, -0.2) is 26.2 Å². The Morgan fingerprint density at radius 2 is 1.90 bits per heavy atom. The Kier molecular flexibility index (Phi) is 5.87. The number of carbonyl (C=O) groups excluding carboxylic acids is 1. The van der Waals surface area contributed by atoms with Gasteiger partial charge in [-0.05, 0) is 19.1 Å². The lowest BCUT2D eigenvalue weighted by Gasteiger charge is -2.15. The highest BCUT2D eigenvalue weighted by atomic mass is 32.3. The molecule has 9 heteroatoms. The van der Waals surface area contributed by atoms with E-state index in [0.717, 1.165) is 0 Å². The second-order valence-corrected chi connectivity index (χ2v) is 6.60. The van der Waals surface area contributed by atoms with Crippen molar-refractivity contribution in [3.8, 4) is 0 Å². The van der Waals surface area contributed by atoms with Crippen LogP contribution in [0.3, 0.4) is 0 Å². The molecule has 5 nitrogen and oxygen atoms in total. The normalized spacial score (nSPS) is 12.0. The van der Waals surface area contributed by atoms with Crippen molar-refractivity contribution in [2.24, 2.45) is 0 Å². The zero-order valence-electron chi connectivity index (χ0n) is 10.9. The van der Waals surface area contributed by atoms with Crippen molar-refractivity contribution in [2.45, 2.75) is 17.1 Å². The monoisotopic (exact) mass is 338 g/mol. The number of hydrogen-bond acceptors (Lipinski definition) is 6. The van der Waals surface area contributed by atoms with Gasteiger partial charge in [0.25, 0.3) is 0 Å². The predicted molar refractivity (Wildman–Crippen MR) is 73.0 cm³/mol. The van der Waals surface area contributed by atoms with Crippen molar-refractivity contribution in [3.63, 3.8) is 0 Å². The van der Waals surface area contributed by atoms with Crippen molar-refractivity contribution < 1.29 is 30.4 Å². The molecule has 0 saturated heterocycles. The van der Waals surface area contributed by atoms with Crippen molar-refractivity contribution in [1.82, 2.24) is 0 Å². The maximum atomic E-state index is 13.5. The van der Waals surface area contributed by atoms with Crippen LogP contribution >= 0.6 is 12.0 Å². The summed E-state index contributed by atoms with van der Waals surface area (Å²) in [5, 5.41) is -4.36. The molecule has 0 unspecified atom stereocenters. The molecule has 0 N–H and O–H groups in total. The second kappa shape index (κ2) is 7.01. The van der Waals surface area contributed by atoms with E-state index in [2.05, 4.69) is 14.9 Å². The lowest BCUT2D eigenvalue weighted by Crippen LogP contribution is -2.35. The van der Waals surface area contributed by atoms with Crippen LogP contribution in [0.1, 0.15) is 6.92 Å². The standard InChI is InChI=1S/C12H12F2O5S2/c1-9(2)11(15)18-8-12(13,14)21(16,17)19-20-10-6-4-3-5-7-10/h3-7H,1,8H2,2H3. The largest absolute Gasteiger partial charge is 0.455 e. The average molecular weight is 338 g/mol. The van der Waals surface area contributed by atoms with Crippen molar-refractivity contribution in [3.05, 3.63) is 42.5 Å². The van der Waals surface area contributed by atoms with E-state index in [0.29, 0.717) is 4.90 Å². The van der Waals surface area contributed by atoms with Gasteiger partial charge >= 0.3 is 21.3 Å². The molecule has 0 heterocycles. The van der Waals surface area contributed by atoms with Gasteiger partial charge in [0.2, 0.25) is 0 Å². The fourth-order valence-corrected chi connectivity index (χ4v) is 2.50. The van der Waals surface area contributed by atoms with E-state index < -0.39 is 27.9 Å². The van der Waals surface area contributed by atoms with E-state index >= 15 is 0 Å². The lowest BCUT2D eigenvalue weighted by molar-refractivity contribution is -0.144. The Hall–Kier alpha value is -1.45. The number of hydrogen-bond donors (Lipinski definition) is 0. The van der Waals surface area contributed by atoms with Crippen LogP contribution in [0, 0.1) is 0 Å². The van der Waals surface area contributed by atoms with Crippen LogP contribution in [-0.2, 0) is 23.3 Å². The number of benzene rings is 1. The first-order chi connectivity index (χ1) is 9.66. The third-order valence-corrected chi connectivity index (χ3v) is 4.35. The van der Waals surface area contributed by atoms with Gasteiger partial charge in [-0.1, -0.05) is 24.8 Å². The van der Waals surface area contributed by atoms with Gasteiger partial charge in [-0.2, -0.15) is 20.8 Å². The molecule has 0 saturated carbocycles. The molecule has 0 fully saturated rings. The van der Waals surface area contributed by atoms with Gasteiger partial charge in [0.15, 0.2) is 6.61 Å². The van der Waals surface area contributed by atoms with Gasteiger partial charge < -0.3 is 4.74 Å². The second-order valence-electron chi connectivity index (χ2n) is 3.91. The molecule has 0 aromatic heterocycles. The summed E-state index contributed by atoms with van der Waals surface area (Å²) in [6, 6.07) is 7.82. The Balaban J connectivity index is 2.67. The molecule has 1 rings (SSSR count). The first-order valence-electron chi connectivity index (χ1n) is 5.52. The minimum atomic E-state index is -5.26. The van der Waals surface area contributed by atoms with Gasteiger partial charge in [-0.3, -0.25) is 0 Å². The van der Waals surface area contributed by atoms with E-state index in [-0.39, 0.29) is 17.6 Å². The highest BCUT2D eigenvalue weighted by Gasteiger charge is 2.48. The molecule has 0 aliphatic heterocycles. The van der Waals surface area contributed by atoms with Crippen LogP contribution in [0.25, 0.3) is 0 Å². The topological polar surface area (TPSA) is 69.7 Å². The fraction of sp³-hybridized carbons (Fsp3) is 0.250. The van der Waals surface area contributed by atoms with Gasteiger partial charge in [-0.15, -0.1) is 0 Å². The molecule has 21 heavy (non-hydrogen) atoms. The smallest absolute Gasteiger partial charge is 0.404 e. The third kappa shape index (κ3) is 5.10. The number of rotatable bonds is 7. The van der Waals surface area contributed by atoms with Crippen molar-refractivity contribution in [2.75, 3.05) is 6.61 Å². The Labute approximate surface area is 125 Å². The summed E-state index contributed by atoms with van der Waals surface area (Å²) in [5.74, 6) is -1.11. The molecule has 1 aromatic carbocycles. The zero-order valence-corrected chi connectivity index (χ0v) is 12.5. The fourth-order valence-electron chi connectivity index (χ4n) is 0.955. The minimum absolute atomic E-state index is 0.122. The molecule has 1 aromatic rings. The Morgan fingerprint density at radius 3 is 2.43 bits per heavy atom. The highest BCUT2D eigenvalue weighted by Crippen LogP contribution is 2.30. The minimum Gasteiger partial charge on any atom is -0.455 e. The predicted octanol–water partition coefficient (Wildman–Crippen LogP) is 2.75. The summed E-state index contributed by atoms with van der Waals surface area (Å²) in [6.07, 6.45) is 0. The summed E-state index contributed by atoms with van der Waals surface area (Å²) in [6.45, 7) is 2.79. The Bertz CT molecular complexity index is 614. The number of carbonyl (C=O) groups is 1. The molecule has 0 aliphatic rings.